The van der Waals surface area contributed by atoms with Crippen LogP contribution in [0.3, 0.4) is 0 Å². The van der Waals surface area contributed by atoms with Crippen molar-refractivity contribution in [2.45, 2.75) is 19.4 Å². The van der Waals surface area contributed by atoms with E-state index in [1.54, 1.807) is 29.2 Å². The van der Waals surface area contributed by atoms with Crippen LogP contribution in [0.4, 0.5) is 4.39 Å². The van der Waals surface area contributed by atoms with Gasteiger partial charge in [0.05, 0.1) is 0 Å². The van der Waals surface area contributed by atoms with Crippen LogP contribution >= 0.6 is 0 Å². The summed E-state index contributed by atoms with van der Waals surface area (Å²) in [4.78, 5) is 17.7. The summed E-state index contributed by atoms with van der Waals surface area (Å²) in [7, 11) is 0. The van der Waals surface area contributed by atoms with E-state index in [9.17, 15) is 9.18 Å². The fraction of sp³-hybridized carbons (Fsp3) is 0.400. The molecule has 6 heteroatoms. The number of nitrogens with zero attached hydrogens (tertiary/aromatic N) is 4. The third-order valence-corrected chi connectivity index (χ3v) is 3.79. The van der Waals surface area contributed by atoms with E-state index < -0.39 is 0 Å². The second kappa shape index (κ2) is 6.03. The number of benzene rings is 1. The molecule has 1 aromatic carbocycles. The fourth-order valence-electron chi connectivity index (χ4n) is 2.58. The van der Waals surface area contributed by atoms with Gasteiger partial charge < -0.3 is 4.90 Å². The molecule has 1 saturated heterocycles. The average molecular weight is 288 g/mol. The molecule has 1 aliphatic rings. The predicted octanol–water partition coefficient (Wildman–Crippen LogP) is 1.51. The standard InChI is InChI=1S/C15H17FN4O/c16-14-4-2-1-3-13(14)5-6-15(21)19-7-12(8-19)9-20-11-17-10-18-20/h1-4,10-12H,5-9H2. The molecule has 0 aliphatic carbocycles. The number of halogens is 1. The number of hydrogen-bond acceptors (Lipinski definition) is 3. The summed E-state index contributed by atoms with van der Waals surface area (Å²) in [6, 6.07) is 6.61. The fourth-order valence-corrected chi connectivity index (χ4v) is 2.58. The molecule has 0 N–H and O–H groups in total. The van der Waals surface area contributed by atoms with Crippen LogP contribution in [0.15, 0.2) is 36.9 Å². The summed E-state index contributed by atoms with van der Waals surface area (Å²) in [5.74, 6) is 0.287. The van der Waals surface area contributed by atoms with E-state index in [1.165, 1.54) is 12.4 Å². The van der Waals surface area contributed by atoms with Crippen LogP contribution in [0.5, 0.6) is 0 Å². The van der Waals surface area contributed by atoms with Gasteiger partial charge in [-0.25, -0.2) is 9.37 Å². The van der Waals surface area contributed by atoms with Gasteiger partial charge in [0.1, 0.15) is 18.5 Å². The Bertz CT molecular complexity index is 608. The van der Waals surface area contributed by atoms with Crippen molar-refractivity contribution in [1.82, 2.24) is 19.7 Å². The third kappa shape index (κ3) is 3.26. The highest BCUT2D eigenvalue weighted by Crippen LogP contribution is 2.19. The van der Waals surface area contributed by atoms with Gasteiger partial charge in [-0.3, -0.25) is 9.48 Å². The number of carbonyl (C=O) groups is 1. The van der Waals surface area contributed by atoms with Crippen LogP contribution in [0.1, 0.15) is 12.0 Å². The van der Waals surface area contributed by atoms with Crippen molar-refractivity contribution in [2.24, 2.45) is 5.92 Å². The highest BCUT2D eigenvalue weighted by Gasteiger charge is 2.30. The number of likely N-dealkylation sites (tertiary alicyclic amines) is 1. The number of rotatable bonds is 5. The molecule has 0 saturated carbocycles. The van der Waals surface area contributed by atoms with Gasteiger partial charge in [0.2, 0.25) is 5.91 Å². The zero-order chi connectivity index (χ0) is 14.7. The van der Waals surface area contributed by atoms with Crippen LogP contribution in [-0.2, 0) is 17.8 Å². The van der Waals surface area contributed by atoms with E-state index in [2.05, 4.69) is 10.1 Å². The lowest BCUT2D eigenvalue weighted by Crippen LogP contribution is -2.51. The minimum Gasteiger partial charge on any atom is -0.342 e. The Morgan fingerprint density at radius 2 is 2.14 bits per heavy atom. The lowest BCUT2D eigenvalue weighted by Gasteiger charge is -2.39. The third-order valence-electron chi connectivity index (χ3n) is 3.79. The van der Waals surface area contributed by atoms with Crippen molar-refractivity contribution in [3.63, 3.8) is 0 Å². The topological polar surface area (TPSA) is 51.0 Å². The first kappa shape index (κ1) is 13.7. The van der Waals surface area contributed by atoms with Gasteiger partial charge in [-0.1, -0.05) is 18.2 Å². The molecule has 2 aromatic rings. The molecule has 1 amide bonds. The van der Waals surface area contributed by atoms with Crippen molar-refractivity contribution in [3.8, 4) is 0 Å². The molecular weight excluding hydrogens is 271 g/mol. The molecule has 0 unspecified atom stereocenters. The average Bonchev–Trinajstić information content (AvgIpc) is 2.94. The predicted molar refractivity (Wildman–Crippen MR) is 74.8 cm³/mol. The molecular formula is C15H17FN4O. The van der Waals surface area contributed by atoms with Gasteiger partial charge in [-0.15, -0.1) is 0 Å². The quantitative estimate of drug-likeness (QED) is 0.838. The van der Waals surface area contributed by atoms with Crippen molar-refractivity contribution < 1.29 is 9.18 Å². The van der Waals surface area contributed by atoms with Crippen LogP contribution in [0.2, 0.25) is 0 Å². The minimum atomic E-state index is -0.238. The number of aryl methyl sites for hydroxylation is 1. The molecule has 0 bridgehead atoms. The highest BCUT2D eigenvalue weighted by atomic mass is 19.1. The van der Waals surface area contributed by atoms with E-state index in [1.807, 2.05) is 4.90 Å². The number of hydrogen-bond donors (Lipinski definition) is 0. The van der Waals surface area contributed by atoms with E-state index in [0.717, 1.165) is 19.6 Å². The molecule has 0 radical (unpaired) electrons. The van der Waals surface area contributed by atoms with Crippen LogP contribution < -0.4 is 0 Å². The molecule has 1 fully saturated rings. The lowest BCUT2D eigenvalue weighted by atomic mass is 9.99. The van der Waals surface area contributed by atoms with Crippen molar-refractivity contribution in [2.75, 3.05) is 13.1 Å². The molecule has 3 rings (SSSR count). The molecule has 5 nitrogen and oxygen atoms in total. The summed E-state index contributed by atoms with van der Waals surface area (Å²) in [5.41, 5.74) is 0.602. The minimum absolute atomic E-state index is 0.0908. The molecule has 1 aliphatic heterocycles. The second-order valence-electron chi connectivity index (χ2n) is 5.37. The van der Waals surface area contributed by atoms with Crippen molar-refractivity contribution in [1.29, 1.82) is 0 Å². The van der Waals surface area contributed by atoms with E-state index in [4.69, 9.17) is 0 Å². The molecule has 1 aromatic heterocycles. The van der Waals surface area contributed by atoms with Gasteiger partial charge in [0, 0.05) is 32.0 Å². The van der Waals surface area contributed by atoms with Crippen LogP contribution in [0, 0.1) is 11.7 Å². The summed E-state index contributed by atoms with van der Waals surface area (Å²) in [5, 5.41) is 4.05. The SMILES string of the molecule is O=C(CCc1ccccc1F)N1CC(Cn2cncn2)C1. The Hall–Kier alpha value is -2.24. The number of amides is 1. The van der Waals surface area contributed by atoms with Crippen LogP contribution in [-0.4, -0.2) is 38.7 Å². The van der Waals surface area contributed by atoms with Gasteiger partial charge >= 0.3 is 0 Å². The van der Waals surface area contributed by atoms with Crippen molar-refractivity contribution >= 4 is 5.91 Å². The first-order valence-electron chi connectivity index (χ1n) is 7.06. The van der Waals surface area contributed by atoms with Crippen LogP contribution in [0.25, 0.3) is 0 Å². The maximum atomic E-state index is 13.5. The summed E-state index contributed by atoms with van der Waals surface area (Å²) >= 11 is 0. The van der Waals surface area contributed by atoms with Gasteiger partial charge in [0.15, 0.2) is 0 Å². The molecule has 110 valence electrons. The Morgan fingerprint density at radius 1 is 1.33 bits per heavy atom. The monoisotopic (exact) mass is 288 g/mol. The maximum absolute atomic E-state index is 13.5. The Balaban J connectivity index is 1.42. The molecule has 21 heavy (non-hydrogen) atoms. The zero-order valence-electron chi connectivity index (χ0n) is 11.7. The summed E-state index contributed by atoms with van der Waals surface area (Å²) in [6.07, 6.45) is 4.01. The summed E-state index contributed by atoms with van der Waals surface area (Å²) in [6.45, 7) is 2.28. The normalized spacial score (nSPS) is 15.0. The van der Waals surface area contributed by atoms with Crippen molar-refractivity contribution in [3.05, 3.63) is 48.3 Å². The van der Waals surface area contributed by atoms with Gasteiger partial charge in [-0.2, -0.15) is 5.10 Å². The molecule has 2 heterocycles. The van der Waals surface area contributed by atoms with Gasteiger partial charge in [-0.05, 0) is 18.1 Å². The second-order valence-corrected chi connectivity index (χ2v) is 5.37. The van der Waals surface area contributed by atoms with E-state index in [0.29, 0.717) is 24.3 Å². The Morgan fingerprint density at radius 3 is 2.86 bits per heavy atom. The smallest absolute Gasteiger partial charge is 0.222 e. The van der Waals surface area contributed by atoms with Gasteiger partial charge in [0.25, 0.3) is 0 Å². The van der Waals surface area contributed by atoms with E-state index >= 15 is 0 Å². The Labute approximate surface area is 122 Å². The molecule has 0 atom stereocenters. The number of aromatic nitrogens is 3. The first-order chi connectivity index (χ1) is 10.2. The zero-order valence-corrected chi connectivity index (χ0v) is 11.7. The Kier molecular flexibility index (Phi) is 3.94. The first-order valence-corrected chi connectivity index (χ1v) is 7.06. The number of carbonyl (C=O) groups excluding carboxylic acids is 1. The lowest BCUT2D eigenvalue weighted by molar-refractivity contribution is -0.137. The summed E-state index contributed by atoms with van der Waals surface area (Å²) < 4.78 is 15.3. The highest BCUT2D eigenvalue weighted by molar-refractivity contribution is 5.77. The maximum Gasteiger partial charge on any atom is 0.222 e. The van der Waals surface area contributed by atoms with E-state index in [-0.39, 0.29) is 11.7 Å². The molecule has 0 spiro atoms. The largest absolute Gasteiger partial charge is 0.342 e.